The lowest BCUT2D eigenvalue weighted by Crippen LogP contribution is -2.45. The summed E-state index contributed by atoms with van der Waals surface area (Å²) in [5.41, 5.74) is 2.77. The Balaban J connectivity index is 1.57. The highest BCUT2D eigenvalue weighted by Crippen LogP contribution is 2.37. The number of alkyl halides is 5. The van der Waals surface area contributed by atoms with Crippen molar-refractivity contribution in [1.82, 2.24) is 19.5 Å². The molecule has 0 saturated heterocycles. The molecule has 0 saturated carbocycles. The lowest BCUT2D eigenvalue weighted by Gasteiger charge is -2.36. The molecule has 198 valence electrons. The van der Waals surface area contributed by atoms with Gasteiger partial charge in [-0.3, -0.25) is 4.90 Å². The number of aromatic nitrogens is 4. The van der Waals surface area contributed by atoms with E-state index in [1.165, 1.54) is 40.3 Å². The minimum atomic E-state index is -4.51. The maximum atomic E-state index is 13.8. The molecule has 2 amide bonds. The molecule has 5 rings (SSSR count). The van der Waals surface area contributed by atoms with Gasteiger partial charge in [-0.15, -0.1) is 0 Å². The third-order valence-corrected chi connectivity index (χ3v) is 5.97. The summed E-state index contributed by atoms with van der Waals surface area (Å²) in [6, 6.07) is 10.0. The van der Waals surface area contributed by atoms with Gasteiger partial charge < -0.3 is 14.6 Å². The van der Waals surface area contributed by atoms with Crippen LogP contribution in [0.4, 0.5) is 49.9 Å². The number of hydrogen-bond donors (Lipinski definition) is 1. The number of benzene rings is 2. The number of anilines is 4. The van der Waals surface area contributed by atoms with Crippen molar-refractivity contribution >= 4 is 40.2 Å². The van der Waals surface area contributed by atoms with Crippen LogP contribution in [0.1, 0.15) is 11.4 Å². The van der Waals surface area contributed by atoms with Crippen LogP contribution in [0.5, 0.6) is 5.75 Å². The molecular formula is C24H20F5N7O2. The molecule has 1 aliphatic heterocycles. The fourth-order valence-electron chi connectivity index (χ4n) is 4.09. The molecule has 4 aromatic rings. The van der Waals surface area contributed by atoms with Gasteiger partial charge in [0.05, 0.1) is 23.3 Å². The quantitative estimate of drug-likeness (QED) is 0.328. The van der Waals surface area contributed by atoms with Crippen LogP contribution in [0, 0.1) is 6.92 Å². The zero-order valence-electron chi connectivity index (χ0n) is 20.0. The number of fused-ring (bicyclic) bond motifs is 2. The second-order valence-electron chi connectivity index (χ2n) is 8.48. The van der Waals surface area contributed by atoms with Gasteiger partial charge in [-0.25, -0.2) is 19.7 Å². The van der Waals surface area contributed by atoms with Gasteiger partial charge in [-0.2, -0.15) is 26.9 Å². The van der Waals surface area contributed by atoms with Crippen LogP contribution in [0.3, 0.4) is 0 Å². The number of nitrogens with zero attached hydrogens (tertiary/aromatic N) is 6. The van der Waals surface area contributed by atoms with E-state index >= 15 is 0 Å². The Bertz CT molecular complexity index is 1500. The van der Waals surface area contributed by atoms with Crippen molar-refractivity contribution in [2.24, 2.45) is 7.05 Å². The average Bonchev–Trinajstić information content (AvgIpc) is 3.15. The minimum Gasteiger partial charge on any atom is -0.435 e. The van der Waals surface area contributed by atoms with Crippen molar-refractivity contribution in [2.75, 3.05) is 21.7 Å². The van der Waals surface area contributed by atoms with Gasteiger partial charge in [-0.1, -0.05) is 0 Å². The summed E-state index contributed by atoms with van der Waals surface area (Å²) in [7, 11) is 1.85. The first-order valence-electron chi connectivity index (χ1n) is 11.3. The van der Waals surface area contributed by atoms with E-state index in [9.17, 15) is 26.7 Å². The molecule has 0 bridgehead atoms. The Morgan fingerprint density at radius 1 is 1.08 bits per heavy atom. The van der Waals surface area contributed by atoms with Crippen LogP contribution in [0.25, 0.3) is 11.0 Å². The van der Waals surface area contributed by atoms with E-state index in [4.69, 9.17) is 0 Å². The number of carbonyl (C=O) groups excluding carboxylic acids is 1. The van der Waals surface area contributed by atoms with Crippen molar-refractivity contribution in [3.8, 4) is 5.75 Å². The molecule has 0 aliphatic carbocycles. The number of urea groups is 1. The van der Waals surface area contributed by atoms with E-state index in [0.717, 1.165) is 16.9 Å². The third kappa shape index (κ3) is 4.88. The lowest BCUT2D eigenvalue weighted by atomic mass is 10.1. The summed E-state index contributed by atoms with van der Waals surface area (Å²) in [4.78, 5) is 29.1. The van der Waals surface area contributed by atoms with Gasteiger partial charge in [0.2, 0.25) is 5.95 Å². The molecule has 1 N–H and O–H groups in total. The summed E-state index contributed by atoms with van der Waals surface area (Å²) >= 11 is 0. The first-order valence-corrected chi connectivity index (χ1v) is 11.3. The molecule has 14 heteroatoms. The Kier molecular flexibility index (Phi) is 6.25. The average molecular weight is 533 g/mol. The number of ether oxygens (including phenoxy) is 1. The van der Waals surface area contributed by atoms with E-state index in [-0.39, 0.29) is 29.7 Å². The van der Waals surface area contributed by atoms with Crippen LogP contribution in [-0.2, 0) is 13.6 Å². The Morgan fingerprint density at radius 3 is 2.47 bits per heavy atom. The first kappa shape index (κ1) is 25.2. The molecule has 3 heterocycles. The molecule has 0 radical (unpaired) electrons. The molecule has 9 nitrogen and oxygen atoms in total. The SMILES string of the molecule is Cc1nc2ccc(N3Cc4cnc(NCC(F)(F)F)nc4N(c4ccc(OC(F)F)cc4)C3=O)cc2n1C. The maximum Gasteiger partial charge on any atom is 0.405 e. The maximum absolute atomic E-state index is 13.8. The van der Waals surface area contributed by atoms with Gasteiger partial charge in [0.25, 0.3) is 0 Å². The lowest BCUT2D eigenvalue weighted by molar-refractivity contribution is -0.115. The largest absolute Gasteiger partial charge is 0.435 e. The summed E-state index contributed by atoms with van der Waals surface area (Å²) in [6.07, 6.45) is -3.16. The number of hydrogen-bond acceptors (Lipinski definition) is 6. The Hall–Kier alpha value is -4.49. The van der Waals surface area contributed by atoms with E-state index in [1.54, 1.807) is 18.2 Å². The Labute approximate surface area is 212 Å². The number of imidazole rings is 1. The molecular weight excluding hydrogens is 513 g/mol. The number of halogens is 5. The normalized spacial score (nSPS) is 13.8. The number of nitrogens with one attached hydrogen (secondary N) is 1. The van der Waals surface area contributed by atoms with Crippen LogP contribution in [0.15, 0.2) is 48.7 Å². The van der Waals surface area contributed by atoms with Crippen molar-refractivity contribution in [2.45, 2.75) is 26.3 Å². The predicted octanol–water partition coefficient (Wildman–Crippen LogP) is 5.53. The fraction of sp³-hybridized carbons (Fsp3) is 0.250. The van der Waals surface area contributed by atoms with Gasteiger partial charge in [0.1, 0.15) is 18.1 Å². The van der Waals surface area contributed by atoms with E-state index in [1.807, 2.05) is 18.5 Å². The Morgan fingerprint density at radius 2 is 1.79 bits per heavy atom. The van der Waals surface area contributed by atoms with E-state index < -0.39 is 25.4 Å². The van der Waals surface area contributed by atoms with Crippen LogP contribution < -0.4 is 19.9 Å². The number of amides is 2. The summed E-state index contributed by atoms with van der Waals surface area (Å²) in [5, 5.41) is 2.11. The highest BCUT2D eigenvalue weighted by atomic mass is 19.4. The van der Waals surface area contributed by atoms with Crippen LogP contribution in [-0.4, -0.2) is 44.9 Å². The highest BCUT2D eigenvalue weighted by molar-refractivity contribution is 6.10. The van der Waals surface area contributed by atoms with Gasteiger partial charge >= 0.3 is 18.8 Å². The topological polar surface area (TPSA) is 88.4 Å². The molecule has 2 aromatic heterocycles. The van der Waals surface area contributed by atoms with Crippen LogP contribution in [0.2, 0.25) is 0 Å². The molecule has 0 unspecified atom stereocenters. The standard InChI is InChI=1S/C24H20F5N7O2/c1-13-32-18-8-5-16(9-19(18)34(13)2)35-11-14-10-30-22(31-12-24(27,28)29)33-20(14)36(23(35)37)15-3-6-17(7-4-15)38-21(25)26/h3-10,21H,11-12H2,1-2H3,(H,30,31,33). The monoisotopic (exact) mass is 533 g/mol. The van der Waals surface area contributed by atoms with Crippen LogP contribution >= 0.6 is 0 Å². The van der Waals surface area contributed by atoms with Gasteiger partial charge in [0.15, 0.2) is 5.82 Å². The van der Waals surface area contributed by atoms with E-state index in [0.29, 0.717) is 11.3 Å². The molecule has 2 aromatic carbocycles. The third-order valence-electron chi connectivity index (χ3n) is 5.97. The first-order chi connectivity index (χ1) is 18.0. The minimum absolute atomic E-state index is 0.0408. The van der Waals surface area contributed by atoms with E-state index in [2.05, 4.69) is 25.0 Å². The highest BCUT2D eigenvalue weighted by Gasteiger charge is 2.35. The van der Waals surface area contributed by atoms with Crippen molar-refractivity contribution in [3.63, 3.8) is 0 Å². The number of rotatable bonds is 6. The predicted molar refractivity (Wildman–Crippen MR) is 129 cm³/mol. The van der Waals surface area contributed by atoms with Crippen molar-refractivity contribution in [3.05, 3.63) is 60.0 Å². The second kappa shape index (κ2) is 9.43. The van der Waals surface area contributed by atoms with Crippen molar-refractivity contribution in [1.29, 1.82) is 0 Å². The summed E-state index contributed by atoms with van der Waals surface area (Å²) in [6.45, 7) is -2.50. The molecule has 38 heavy (non-hydrogen) atoms. The number of carbonyl (C=O) groups is 1. The zero-order valence-corrected chi connectivity index (χ0v) is 20.0. The number of aryl methyl sites for hydroxylation is 2. The second-order valence-corrected chi connectivity index (χ2v) is 8.48. The zero-order chi connectivity index (χ0) is 27.2. The van der Waals surface area contributed by atoms with Gasteiger partial charge in [-0.05, 0) is 49.4 Å². The molecule has 0 spiro atoms. The van der Waals surface area contributed by atoms with Crippen molar-refractivity contribution < 1.29 is 31.5 Å². The summed E-state index contributed by atoms with van der Waals surface area (Å²) < 4.78 is 69.7. The van der Waals surface area contributed by atoms with Gasteiger partial charge in [0, 0.05) is 24.5 Å². The smallest absolute Gasteiger partial charge is 0.405 e. The fourth-order valence-corrected chi connectivity index (χ4v) is 4.09. The molecule has 0 fully saturated rings. The molecule has 0 atom stereocenters. The molecule has 1 aliphatic rings. The summed E-state index contributed by atoms with van der Waals surface area (Å²) in [5.74, 6) is 0.396.